The van der Waals surface area contributed by atoms with Crippen LogP contribution in [0.4, 0.5) is 0 Å². The fourth-order valence-corrected chi connectivity index (χ4v) is 3.40. The number of benzene rings is 1. The summed E-state index contributed by atoms with van der Waals surface area (Å²) in [6.45, 7) is 3.92. The third-order valence-corrected chi connectivity index (χ3v) is 5.47. The molecule has 20 heavy (non-hydrogen) atoms. The predicted octanol–water partition coefficient (Wildman–Crippen LogP) is 2.61. The summed E-state index contributed by atoms with van der Waals surface area (Å²) in [5.41, 5.74) is 1.10. The fourth-order valence-electron chi connectivity index (χ4n) is 2.45. The molecule has 0 aliphatic heterocycles. The van der Waals surface area contributed by atoms with E-state index in [2.05, 4.69) is 11.6 Å². The van der Waals surface area contributed by atoms with Crippen molar-refractivity contribution in [1.82, 2.24) is 5.32 Å². The highest BCUT2D eigenvalue weighted by Crippen LogP contribution is 2.42. The van der Waals surface area contributed by atoms with Gasteiger partial charge in [0.1, 0.15) is 18.5 Å². The molecule has 0 spiro atoms. The molecule has 0 radical (unpaired) electrons. The summed E-state index contributed by atoms with van der Waals surface area (Å²) in [5, 5.41) is 13.3. The maximum atomic E-state index is 9.97. The zero-order valence-corrected chi connectivity index (χ0v) is 13.2. The SMILES string of the molecule is CSC1(CNCC(O)COc2ccccc2C)CCC1. The molecule has 1 aliphatic carbocycles. The van der Waals surface area contributed by atoms with Gasteiger partial charge in [-0.1, -0.05) is 24.6 Å². The Balaban J connectivity index is 1.65. The minimum Gasteiger partial charge on any atom is -0.491 e. The zero-order valence-electron chi connectivity index (χ0n) is 12.4. The second-order valence-corrected chi connectivity index (χ2v) is 6.88. The summed E-state index contributed by atoms with van der Waals surface area (Å²) in [6.07, 6.45) is 5.63. The third-order valence-electron chi connectivity index (χ3n) is 4.05. The van der Waals surface area contributed by atoms with Gasteiger partial charge in [-0.2, -0.15) is 11.8 Å². The number of hydrogen-bond donors (Lipinski definition) is 2. The molecule has 1 unspecified atom stereocenters. The van der Waals surface area contributed by atoms with E-state index in [1.54, 1.807) is 0 Å². The monoisotopic (exact) mass is 295 g/mol. The maximum Gasteiger partial charge on any atom is 0.122 e. The van der Waals surface area contributed by atoms with Gasteiger partial charge in [0.15, 0.2) is 0 Å². The van der Waals surface area contributed by atoms with Crippen LogP contribution in [0.5, 0.6) is 5.75 Å². The third kappa shape index (κ3) is 4.14. The highest BCUT2D eigenvalue weighted by atomic mass is 32.2. The van der Waals surface area contributed by atoms with Crippen LogP contribution in [-0.4, -0.2) is 41.9 Å². The average Bonchev–Trinajstić information content (AvgIpc) is 2.41. The van der Waals surface area contributed by atoms with Gasteiger partial charge in [0, 0.05) is 17.8 Å². The first kappa shape index (κ1) is 15.7. The first-order valence-electron chi connectivity index (χ1n) is 7.27. The molecule has 1 fully saturated rings. The molecular formula is C16H25NO2S. The lowest BCUT2D eigenvalue weighted by Crippen LogP contribution is -2.45. The van der Waals surface area contributed by atoms with Gasteiger partial charge < -0.3 is 15.2 Å². The van der Waals surface area contributed by atoms with E-state index >= 15 is 0 Å². The predicted molar refractivity (Wildman–Crippen MR) is 85.6 cm³/mol. The van der Waals surface area contributed by atoms with E-state index in [0.29, 0.717) is 17.9 Å². The van der Waals surface area contributed by atoms with Crippen LogP contribution in [0.2, 0.25) is 0 Å². The molecule has 112 valence electrons. The minimum absolute atomic E-state index is 0.337. The molecule has 1 aromatic rings. The summed E-state index contributed by atoms with van der Waals surface area (Å²) in [4.78, 5) is 0. The second-order valence-electron chi connectivity index (χ2n) is 5.60. The minimum atomic E-state index is -0.464. The smallest absolute Gasteiger partial charge is 0.122 e. The van der Waals surface area contributed by atoms with Crippen molar-refractivity contribution in [2.75, 3.05) is 26.0 Å². The van der Waals surface area contributed by atoms with Gasteiger partial charge in [0.05, 0.1) is 0 Å². The normalized spacial score (nSPS) is 18.4. The summed E-state index contributed by atoms with van der Waals surface area (Å²) in [6, 6.07) is 7.89. The van der Waals surface area contributed by atoms with Crippen LogP contribution in [-0.2, 0) is 0 Å². The number of para-hydroxylation sites is 1. The Kier molecular flexibility index (Phi) is 5.75. The molecule has 1 aliphatic rings. The van der Waals surface area contributed by atoms with Gasteiger partial charge in [-0.3, -0.25) is 0 Å². The van der Waals surface area contributed by atoms with Gasteiger partial charge in [-0.25, -0.2) is 0 Å². The van der Waals surface area contributed by atoms with E-state index in [-0.39, 0.29) is 0 Å². The van der Waals surface area contributed by atoms with E-state index in [9.17, 15) is 5.11 Å². The summed E-state index contributed by atoms with van der Waals surface area (Å²) in [5.74, 6) is 0.853. The molecule has 0 aromatic heterocycles. The van der Waals surface area contributed by atoms with Crippen molar-refractivity contribution in [2.24, 2.45) is 0 Å². The van der Waals surface area contributed by atoms with Crippen LogP contribution in [0.1, 0.15) is 24.8 Å². The molecule has 1 atom stereocenters. The molecule has 0 bridgehead atoms. The maximum absolute atomic E-state index is 9.97. The summed E-state index contributed by atoms with van der Waals surface area (Å²) >= 11 is 1.95. The average molecular weight is 295 g/mol. The number of hydrogen-bond acceptors (Lipinski definition) is 4. The van der Waals surface area contributed by atoms with Crippen LogP contribution in [0, 0.1) is 6.92 Å². The topological polar surface area (TPSA) is 41.5 Å². The number of rotatable bonds is 8. The number of aliphatic hydroxyl groups excluding tert-OH is 1. The first-order chi connectivity index (χ1) is 9.65. The van der Waals surface area contributed by atoms with Gasteiger partial charge >= 0.3 is 0 Å². The van der Waals surface area contributed by atoms with Gasteiger partial charge in [-0.05, 0) is 37.7 Å². The number of aryl methyl sites for hydroxylation is 1. The molecule has 3 nitrogen and oxygen atoms in total. The van der Waals surface area contributed by atoms with Crippen molar-refractivity contribution in [3.8, 4) is 5.75 Å². The van der Waals surface area contributed by atoms with Crippen LogP contribution in [0.3, 0.4) is 0 Å². The van der Waals surface area contributed by atoms with Crippen molar-refractivity contribution in [1.29, 1.82) is 0 Å². The van der Waals surface area contributed by atoms with Gasteiger partial charge in [0.2, 0.25) is 0 Å². The van der Waals surface area contributed by atoms with Crippen molar-refractivity contribution in [2.45, 2.75) is 37.0 Å². The molecule has 2 rings (SSSR count). The van der Waals surface area contributed by atoms with E-state index < -0.39 is 6.10 Å². The van der Waals surface area contributed by atoms with Crippen molar-refractivity contribution >= 4 is 11.8 Å². The Morgan fingerprint density at radius 2 is 2.15 bits per heavy atom. The molecule has 1 aromatic carbocycles. The van der Waals surface area contributed by atoms with Crippen molar-refractivity contribution in [3.63, 3.8) is 0 Å². The quantitative estimate of drug-likeness (QED) is 0.773. The van der Waals surface area contributed by atoms with Crippen molar-refractivity contribution in [3.05, 3.63) is 29.8 Å². The highest BCUT2D eigenvalue weighted by Gasteiger charge is 2.35. The Labute approximate surface area is 126 Å². The Bertz CT molecular complexity index is 415. The van der Waals surface area contributed by atoms with Crippen LogP contribution < -0.4 is 10.1 Å². The van der Waals surface area contributed by atoms with Crippen LogP contribution in [0.25, 0.3) is 0 Å². The number of thioether (sulfide) groups is 1. The Hall–Kier alpha value is -0.710. The van der Waals surface area contributed by atoms with E-state index in [1.807, 2.05) is 43.0 Å². The van der Waals surface area contributed by atoms with Crippen LogP contribution >= 0.6 is 11.8 Å². The second kappa shape index (κ2) is 7.34. The van der Waals surface area contributed by atoms with Gasteiger partial charge in [-0.15, -0.1) is 0 Å². The first-order valence-corrected chi connectivity index (χ1v) is 8.50. The van der Waals surface area contributed by atoms with Crippen LogP contribution in [0.15, 0.2) is 24.3 Å². The molecule has 0 amide bonds. The molecule has 4 heteroatoms. The van der Waals surface area contributed by atoms with E-state index in [1.165, 1.54) is 19.3 Å². The van der Waals surface area contributed by atoms with E-state index in [4.69, 9.17) is 4.74 Å². The van der Waals surface area contributed by atoms with E-state index in [0.717, 1.165) is 17.9 Å². The molecule has 0 saturated heterocycles. The molecule has 0 heterocycles. The van der Waals surface area contributed by atoms with Gasteiger partial charge in [0.25, 0.3) is 0 Å². The lowest BCUT2D eigenvalue weighted by atomic mass is 9.84. The standard InChI is InChI=1S/C16H25NO2S/c1-13-6-3-4-7-15(13)19-11-14(18)10-17-12-16(20-2)8-5-9-16/h3-4,6-7,14,17-18H,5,8-12H2,1-2H3. The molecule has 2 N–H and O–H groups in total. The molecule has 1 saturated carbocycles. The largest absolute Gasteiger partial charge is 0.491 e. The summed E-state index contributed by atoms with van der Waals surface area (Å²) in [7, 11) is 0. The Morgan fingerprint density at radius 1 is 1.40 bits per heavy atom. The number of nitrogens with one attached hydrogen (secondary N) is 1. The number of aliphatic hydroxyl groups is 1. The number of ether oxygens (including phenoxy) is 1. The fraction of sp³-hybridized carbons (Fsp3) is 0.625. The van der Waals surface area contributed by atoms with Crippen molar-refractivity contribution < 1.29 is 9.84 Å². The molecular weight excluding hydrogens is 270 g/mol. The zero-order chi connectivity index (χ0) is 14.4. The summed E-state index contributed by atoms with van der Waals surface area (Å²) < 4.78 is 6.07. The lowest BCUT2D eigenvalue weighted by molar-refractivity contribution is 0.104. The highest BCUT2D eigenvalue weighted by molar-refractivity contribution is 8.00. The lowest BCUT2D eigenvalue weighted by Gasteiger charge is -2.40. The Morgan fingerprint density at radius 3 is 2.75 bits per heavy atom.